The van der Waals surface area contributed by atoms with Crippen molar-refractivity contribution < 1.29 is 31.9 Å². The summed E-state index contributed by atoms with van der Waals surface area (Å²) in [5, 5.41) is 0. The Morgan fingerprint density at radius 3 is 1.97 bits per heavy atom. The van der Waals surface area contributed by atoms with E-state index in [0.717, 1.165) is 34.1 Å². The van der Waals surface area contributed by atoms with E-state index in [2.05, 4.69) is 0 Å². The second kappa shape index (κ2) is 7.97. The lowest BCUT2D eigenvalue weighted by Gasteiger charge is -2.38. The summed E-state index contributed by atoms with van der Waals surface area (Å²) in [4.78, 5) is 40.2. The maximum Gasteiger partial charge on any atom is 0.333 e. The number of halogens is 4. The van der Waals surface area contributed by atoms with E-state index in [4.69, 9.17) is 0 Å². The van der Waals surface area contributed by atoms with Crippen LogP contribution >= 0.6 is 0 Å². The molecule has 1 aliphatic carbocycles. The van der Waals surface area contributed by atoms with Gasteiger partial charge in [-0.15, -0.1) is 0 Å². The van der Waals surface area contributed by atoms with Gasteiger partial charge in [0, 0.05) is 23.9 Å². The van der Waals surface area contributed by atoms with Crippen molar-refractivity contribution >= 4 is 17.8 Å². The highest BCUT2D eigenvalue weighted by Crippen LogP contribution is 2.49. The number of nitrogens with zero attached hydrogens (tertiary/aromatic N) is 2. The van der Waals surface area contributed by atoms with Gasteiger partial charge in [-0.25, -0.2) is 22.4 Å². The monoisotopic (exact) mass is 462 g/mol. The van der Waals surface area contributed by atoms with Crippen molar-refractivity contribution in [1.82, 2.24) is 9.80 Å². The average molecular weight is 462 g/mol. The number of carbonyl (C=O) groups is 3. The zero-order valence-corrected chi connectivity index (χ0v) is 18.1. The number of imide groups is 2. The molecule has 2 aromatic rings. The Balaban J connectivity index is 1.57. The summed E-state index contributed by atoms with van der Waals surface area (Å²) in [6, 6.07) is 6.05. The van der Waals surface area contributed by atoms with Crippen molar-refractivity contribution in [1.29, 1.82) is 0 Å². The first kappa shape index (κ1) is 22.9. The fraction of sp³-hybridized carbons (Fsp3) is 0.375. The minimum Gasteiger partial charge on any atom is -0.274 e. The second-order valence-electron chi connectivity index (χ2n) is 9.34. The molecule has 0 aromatic heterocycles. The van der Waals surface area contributed by atoms with Crippen LogP contribution in [0.3, 0.4) is 0 Å². The minimum atomic E-state index is -1.05. The van der Waals surface area contributed by atoms with Gasteiger partial charge in [-0.2, -0.15) is 0 Å². The van der Waals surface area contributed by atoms with E-state index in [1.807, 2.05) is 0 Å². The molecule has 33 heavy (non-hydrogen) atoms. The molecule has 5 nitrogen and oxygen atoms in total. The van der Waals surface area contributed by atoms with Gasteiger partial charge in [-0.3, -0.25) is 19.4 Å². The van der Waals surface area contributed by atoms with E-state index in [0.29, 0.717) is 24.0 Å². The van der Waals surface area contributed by atoms with Crippen molar-refractivity contribution in [2.45, 2.75) is 43.9 Å². The highest BCUT2D eigenvalue weighted by Gasteiger charge is 2.50. The average Bonchev–Trinajstić information content (AvgIpc) is 3.53. The minimum absolute atomic E-state index is 0.0644. The van der Waals surface area contributed by atoms with Gasteiger partial charge in [-0.05, 0) is 48.2 Å². The van der Waals surface area contributed by atoms with E-state index < -0.39 is 58.4 Å². The van der Waals surface area contributed by atoms with Crippen LogP contribution in [0.25, 0.3) is 0 Å². The van der Waals surface area contributed by atoms with Crippen molar-refractivity contribution in [3.05, 3.63) is 70.8 Å². The quantitative estimate of drug-likeness (QED) is 0.471. The fourth-order valence-corrected chi connectivity index (χ4v) is 4.21. The Morgan fingerprint density at radius 2 is 1.39 bits per heavy atom. The van der Waals surface area contributed by atoms with E-state index in [-0.39, 0.29) is 13.1 Å². The van der Waals surface area contributed by atoms with Crippen LogP contribution in [0.15, 0.2) is 36.4 Å². The third-order valence-electron chi connectivity index (χ3n) is 6.47. The zero-order valence-electron chi connectivity index (χ0n) is 18.1. The third-order valence-corrected chi connectivity index (χ3v) is 6.47. The van der Waals surface area contributed by atoms with Gasteiger partial charge in [0.25, 0.3) is 0 Å². The maximum atomic E-state index is 13.8. The van der Waals surface area contributed by atoms with Crippen LogP contribution < -0.4 is 0 Å². The van der Waals surface area contributed by atoms with Crippen molar-refractivity contribution in [2.75, 3.05) is 13.1 Å². The molecule has 1 heterocycles. The normalized spacial score (nSPS) is 18.2. The molecule has 0 bridgehead atoms. The summed E-state index contributed by atoms with van der Waals surface area (Å²) in [5.74, 6) is -5.41. The van der Waals surface area contributed by atoms with E-state index in [1.165, 1.54) is 12.1 Å². The first-order chi connectivity index (χ1) is 15.4. The largest absolute Gasteiger partial charge is 0.333 e. The van der Waals surface area contributed by atoms with Gasteiger partial charge < -0.3 is 0 Å². The summed E-state index contributed by atoms with van der Waals surface area (Å²) in [6.07, 6.45) is 0.625. The lowest BCUT2D eigenvalue weighted by atomic mass is 9.83. The van der Waals surface area contributed by atoms with Crippen LogP contribution in [-0.4, -0.2) is 40.7 Å². The SMILES string of the molecule is CC(C)(CN1C(=O)CC(=O)N(CC2(c3ccc(F)c(F)c3)CC2)C1=O)c1ccc(F)c(F)c1. The van der Waals surface area contributed by atoms with E-state index in [1.54, 1.807) is 13.8 Å². The Labute approximate surface area is 188 Å². The van der Waals surface area contributed by atoms with E-state index >= 15 is 0 Å². The van der Waals surface area contributed by atoms with Crippen LogP contribution in [0, 0.1) is 23.3 Å². The molecule has 9 heteroatoms. The zero-order chi connectivity index (χ0) is 24.1. The lowest BCUT2D eigenvalue weighted by molar-refractivity contribution is -0.143. The van der Waals surface area contributed by atoms with Gasteiger partial charge in [0.1, 0.15) is 6.42 Å². The summed E-state index contributed by atoms with van der Waals surface area (Å²) in [6.45, 7) is 3.12. The number of carbonyl (C=O) groups excluding carboxylic acids is 3. The highest BCUT2D eigenvalue weighted by molar-refractivity contribution is 6.14. The summed E-state index contributed by atoms with van der Waals surface area (Å²) >= 11 is 0. The molecule has 4 rings (SSSR count). The predicted molar refractivity (Wildman–Crippen MR) is 110 cm³/mol. The molecule has 0 radical (unpaired) electrons. The van der Waals surface area contributed by atoms with Gasteiger partial charge in [-0.1, -0.05) is 26.0 Å². The lowest BCUT2D eigenvalue weighted by Crippen LogP contribution is -2.58. The summed E-state index contributed by atoms with van der Waals surface area (Å²) in [7, 11) is 0. The van der Waals surface area contributed by atoms with Gasteiger partial charge in [0.15, 0.2) is 23.3 Å². The Hall–Kier alpha value is -3.23. The number of barbiturate groups is 1. The van der Waals surface area contributed by atoms with Crippen molar-refractivity contribution in [3.63, 3.8) is 0 Å². The molecule has 1 saturated carbocycles. The van der Waals surface area contributed by atoms with Gasteiger partial charge in [0.05, 0.1) is 0 Å². The van der Waals surface area contributed by atoms with Gasteiger partial charge in [0.2, 0.25) is 11.8 Å². The van der Waals surface area contributed by atoms with Crippen LogP contribution in [-0.2, 0) is 20.4 Å². The number of amides is 4. The van der Waals surface area contributed by atoms with Crippen LogP contribution in [0.1, 0.15) is 44.2 Å². The summed E-state index contributed by atoms with van der Waals surface area (Å²) in [5.41, 5.74) is -0.761. The Kier molecular flexibility index (Phi) is 5.54. The molecule has 0 atom stereocenters. The van der Waals surface area contributed by atoms with Crippen LogP contribution in [0.5, 0.6) is 0 Å². The fourth-order valence-electron chi connectivity index (χ4n) is 4.21. The second-order valence-corrected chi connectivity index (χ2v) is 9.34. The molecular weight excluding hydrogens is 440 g/mol. The molecule has 174 valence electrons. The number of rotatable bonds is 6. The number of hydrogen-bond donors (Lipinski definition) is 0. The van der Waals surface area contributed by atoms with Crippen molar-refractivity contribution in [3.8, 4) is 0 Å². The molecule has 1 aliphatic heterocycles. The smallest absolute Gasteiger partial charge is 0.274 e. The number of benzene rings is 2. The molecule has 4 amide bonds. The number of urea groups is 1. The maximum absolute atomic E-state index is 13.8. The molecule has 1 saturated heterocycles. The molecular formula is C24H22F4N2O3. The topological polar surface area (TPSA) is 57.7 Å². The highest BCUT2D eigenvalue weighted by atomic mass is 19.2. The predicted octanol–water partition coefficient (Wildman–Crippen LogP) is 4.43. The van der Waals surface area contributed by atoms with Crippen molar-refractivity contribution in [2.24, 2.45) is 0 Å². The molecule has 2 aliphatic rings. The summed E-state index contributed by atoms with van der Waals surface area (Å²) < 4.78 is 54.2. The molecule has 2 fully saturated rings. The third kappa shape index (κ3) is 4.24. The van der Waals surface area contributed by atoms with Crippen LogP contribution in [0.4, 0.5) is 22.4 Å². The first-order valence-electron chi connectivity index (χ1n) is 10.5. The molecule has 2 aromatic carbocycles. The van der Waals surface area contributed by atoms with Crippen LogP contribution in [0.2, 0.25) is 0 Å². The molecule has 0 N–H and O–H groups in total. The first-order valence-corrected chi connectivity index (χ1v) is 10.5. The van der Waals surface area contributed by atoms with E-state index in [9.17, 15) is 31.9 Å². The van der Waals surface area contributed by atoms with Gasteiger partial charge >= 0.3 is 6.03 Å². The Morgan fingerprint density at radius 1 is 0.818 bits per heavy atom. The standard InChI is InChI=1S/C24H22F4N2O3/c1-23(2,14-3-5-16(25)18(27)9-14)12-29-20(31)11-21(32)30(22(29)33)13-24(7-8-24)15-4-6-17(26)19(28)10-15/h3-6,9-10H,7-8,11-13H2,1-2H3. The number of hydrogen-bond acceptors (Lipinski definition) is 3. The molecule has 0 spiro atoms. The molecule has 0 unspecified atom stereocenters. The Bertz CT molecular complexity index is 1080.